The highest BCUT2D eigenvalue weighted by molar-refractivity contribution is 4.84. The van der Waals surface area contributed by atoms with Gasteiger partial charge in [0.1, 0.15) is 13.1 Å². The van der Waals surface area contributed by atoms with Crippen LogP contribution in [-0.4, -0.2) is 40.2 Å². The molecule has 2 atom stereocenters. The van der Waals surface area contributed by atoms with Crippen LogP contribution in [0.5, 0.6) is 0 Å². The number of rotatable bonds is 8. The molecule has 3 heteroatoms. The average Bonchev–Trinajstić information content (AvgIpc) is 2.26. The van der Waals surface area contributed by atoms with Gasteiger partial charge in [0.2, 0.25) is 12.5 Å². The molecule has 84 valence electrons. The predicted octanol–water partition coefficient (Wildman–Crippen LogP) is 1.18. The van der Waals surface area contributed by atoms with E-state index in [1.165, 1.54) is 12.2 Å². The molecule has 0 saturated heterocycles. The number of hydrogen-bond donors (Lipinski definition) is 2. The summed E-state index contributed by atoms with van der Waals surface area (Å²) in [6, 6.07) is 0. The van der Waals surface area contributed by atoms with E-state index < -0.39 is 12.5 Å². The van der Waals surface area contributed by atoms with Gasteiger partial charge in [-0.2, -0.15) is 0 Å². The zero-order valence-electron chi connectivity index (χ0n) is 9.05. The van der Waals surface area contributed by atoms with Crippen LogP contribution in [-0.2, 0) is 0 Å². The highest BCUT2D eigenvalue weighted by Gasteiger charge is 2.37. The lowest BCUT2D eigenvalue weighted by molar-refractivity contribution is -0.988. The van der Waals surface area contributed by atoms with Gasteiger partial charge < -0.3 is 10.2 Å². The summed E-state index contributed by atoms with van der Waals surface area (Å²) in [5.74, 6) is 0. The summed E-state index contributed by atoms with van der Waals surface area (Å²) in [6.07, 6.45) is 4.30. The Morgan fingerprint density at radius 2 is 1.20 bits per heavy atom. The van der Waals surface area contributed by atoms with Gasteiger partial charge in [-0.1, -0.05) is 26.3 Å². The van der Waals surface area contributed by atoms with Gasteiger partial charge in [-0.25, -0.2) is 0 Å². The summed E-state index contributed by atoms with van der Waals surface area (Å²) in [5, 5.41) is 19.8. The molecule has 0 aliphatic carbocycles. The lowest BCUT2D eigenvalue weighted by Gasteiger charge is -2.41. The Hall–Kier alpha value is -1.16. The predicted molar refractivity (Wildman–Crippen MR) is 62.8 cm³/mol. The van der Waals surface area contributed by atoms with Crippen LogP contribution >= 0.6 is 0 Å². The molecule has 0 bridgehead atoms. The third-order valence-corrected chi connectivity index (χ3v) is 2.41. The molecule has 2 N–H and O–H groups in total. The second kappa shape index (κ2) is 6.35. The van der Waals surface area contributed by atoms with Crippen LogP contribution in [0.2, 0.25) is 0 Å². The van der Waals surface area contributed by atoms with Crippen molar-refractivity contribution in [2.45, 2.75) is 12.5 Å². The molecule has 0 spiro atoms. The normalized spacial score (nSPS) is 15.1. The van der Waals surface area contributed by atoms with Crippen LogP contribution in [0.3, 0.4) is 0 Å². The fraction of sp³-hybridized carbons (Fsp3) is 0.333. The zero-order chi connectivity index (χ0) is 11.9. The monoisotopic (exact) mass is 210 g/mol. The van der Waals surface area contributed by atoms with Crippen LogP contribution in [0.25, 0.3) is 0 Å². The van der Waals surface area contributed by atoms with Crippen molar-refractivity contribution in [2.75, 3.05) is 13.1 Å². The fourth-order valence-corrected chi connectivity index (χ4v) is 1.56. The Morgan fingerprint density at radius 3 is 1.40 bits per heavy atom. The molecule has 0 aliphatic heterocycles. The number of nitrogens with zero attached hydrogens (tertiary/aromatic N) is 1. The van der Waals surface area contributed by atoms with E-state index in [2.05, 4.69) is 26.3 Å². The number of aliphatic hydroxyl groups is 2. The van der Waals surface area contributed by atoms with Crippen molar-refractivity contribution in [1.82, 2.24) is 0 Å². The van der Waals surface area contributed by atoms with Gasteiger partial charge in [0.05, 0.1) is 0 Å². The Morgan fingerprint density at radius 1 is 0.867 bits per heavy atom. The maximum atomic E-state index is 9.88. The number of quaternary nitrogens is 1. The molecule has 0 aromatic heterocycles. The Balaban J connectivity index is 5.20. The topological polar surface area (TPSA) is 40.5 Å². The van der Waals surface area contributed by atoms with Crippen molar-refractivity contribution in [2.24, 2.45) is 0 Å². The smallest absolute Gasteiger partial charge is 0.212 e. The second-order valence-electron chi connectivity index (χ2n) is 3.34. The summed E-state index contributed by atoms with van der Waals surface area (Å²) < 4.78 is -0.0139. The summed E-state index contributed by atoms with van der Waals surface area (Å²) in [5.41, 5.74) is 0. The van der Waals surface area contributed by atoms with E-state index >= 15 is 0 Å². The molecule has 3 nitrogen and oxygen atoms in total. The Bertz CT molecular complexity index is 222. The average molecular weight is 210 g/mol. The number of hydrogen-bond acceptors (Lipinski definition) is 2. The van der Waals surface area contributed by atoms with Crippen molar-refractivity contribution in [3.8, 4) is 0 Å². The van der Waals surface area contributed by atoms with Gasteiger partial charge >= 0.3 is 0 Å². The van der Waals surface area contributed by atoms with Crippen LogP contribution in [0.1, 0.15) is 0 Å². The molecule has 0 fully saturated rings. The van der Waals surface area contributed by atoms with E-state index in [0.717, 1.165) is 0 Å². The first kappa shape index (κ1) is 13.8. The number of aliphatic hydroxyl groups excluding tert-OH is 2. The largest absolute Gasteiger partial charge is 0.341 e. The van der Waals surface area contributed by atoms with Crippen molar-refractivity contribution < 1.29 is 14.7 Å². The highest BCUT2D eigenvalue weighted by Crippen LogP contribution is 2.18. The lowest BCUT2D eigenvalue weighted by Crippen LogP contribution is -2.60. The van der Waals surface area contributed by atoms with E-state index in [0.29, 0.717) is 13.1 Å². The quantitative estimate of drug-likeness (QED) is 0.359. The van der Waals surface area contributed by atoms with Crippen molar-refractivity contribution >= 4 is 0 Å². The minimum absolute atomic E-state index is 0.0139. The summed E-state index contributed by atoms with van der Waals surface area (Å²) >= 11 is 0. The molecule has 2 unspecified atom stereocenters. The Labute approximate surface area is 91.6 Å². The molecule has 0 aromatic carbocycles. The van der Waals surface area contributed by atoms with Gasteiger partial charge in [-0.3, -0.25) is 4.48 Å². The molecule has 0 heterocycles. The first-order valence-corrected chi connectivity index (χ1v) is 4.78. The molecule has 0 aromatic rings. The van der Waals surface area contributed by atoms with Gasteiger partial charge in [0, 0.05) is 0 Å². The molecule has 0 radical (unpaired) electrons. The van der Waals surface area contributed by atoms with Gasteiger partial charge in [-0.05, 0) is 24.3 Å². The molecule has 0 aliphatic rings. The summed E-state index contributed by atoms with van der Waals surface area (Å²) in [4.78, 5) is 0. The molecular formula is C12H20NO2+. The zero-order valence-corrected chi connectivity index (χ0v) is 9.05. The third kappa shape index (κ3) is 2.89. The highest BCUT2D eigenvalue weighted by atomic mass is 16.3. The van der Waals surface area contributed by atoms with Crippen LogP contribution < -0.4 is 0 Å². The van der Waals surface area contributed by atoms with Gasteiger partial charge in [-0.15, -0.1) is 0 Å². The van der Waals surface area contributed by atoms with Crippen molar-refractivity contribution in [3.05, 3.63) is 50.6 Å². The van der Waals surface area contributed by atoms with E-state index in [-0.39, 0.29) is 4.48 Å². The standard InChI is InChI=1S/C12H20NO2/c1-5-9-13(10-6-2,11(14)7-3)12(15)8-4/h5-8,11-12,14-15H,1-4,9-10H2/q+1. The SMILES string of the molecule is C=CC[N+](CC=C)(C(O)C=C)C(O)C=C. The maximum absolute atomic E-state index is 9.88. The Kier molecular flexibility index (Phi) is 5.86. The second-order valence-corrected chi connectivity index (χ2v) is 3.34. The van der Waals surface area contributed by atoms with E-state index in [9.17, 15) is 10.2 Å². The van der Waals surface area contributed by atoms with Crippen molar-refractivity contribution in [3.63, 3.8) is 0 Å². The molecule has 15 heavy (non-hydrogen) atoms. The lowest BCUT2D eigenvalue weighted by atomic mass is 10.2. The minimum Gasteiger partial charge on any atom is -0.341 e. The van der Waals surface area contributed by atoms with Gasteiger partial charge in [0.25, 0.3) is 0 Å². The summed E-state index contributed by atoms with van der Waals surface area (Å²) in [7, 11) is 0. The van der Waals surface area contributed by atoms with Crippen LogP contribution in [0.4, 0.5) is 0 Å². The molecule has 0 saturated carbocycles. The molecular weight excluding hydrogens is 190 g/mol. The molecule has 0 amide bonds. The van der Waals surface area contributed by atoms with Gasteiger partial charge in [0.15, 0.2) is 0 Å². The van der Waals surface area contributed by atoms with E-state index in [1.807, 2.05) is 0 Å². The first-order chi connectivity index (χ1) is 7.08. The minimum atomic E-state index is -0.881. The van der Waals surface area contributed by atoms with Crippen LogP contribution in [0, 0.1) is 0 Å². The van der Waals surface area contributed by atoms with Crippen LogP contribution in [0.15, 0.2) is 50.6 Å². The fourth-order valence-electron chi connectivity index (χ4n) is 1.56. The summed E-state index contributed by atoms with van der Waals surface area (Å²) in [6.45, 7) is 15.1. The van der Waals surface area contributed by atoms with E-state index in [4.69, 9.17) is 0 Å². The molecule has 0 rings (SSSR count). The first-order valence-electron chi connectivity index (χ1n) is 4.78. The third-order valence-electron chi connectivity index (χ3n) is 2.41. The van der Waals surface area contributed by atoms with Crippen molar-refractivity contribution in [1.29, 1.82) is 0 Å². The van der Waals surface area contributed by atoms with E-state index in [1.54, 1.807) is 12.2 Å². The maximum Gasteiger partial charge on any atom is 0.212 e.